The second-order valence-electron chi connectivity index (χ2n) is 4.28. The summed E-state index contributed by atoms with van der Waals surface area (Å²) in [4.78, 5) is 3.70. The zero-order chi connectivity index (χ0) is 14.9. The zero-order valence-electron chi connectivity index (χ0n) is 11.0. The van der Waals surface area contributed by atoms with Gasteiger partial charge >= 0.3 is 0 Å². The molecule has 20 heavy (non-hydrogen) atoms. The van der Waals surface area contributed by atoms with Gasteiger partial charge in [0.05, 0.1) is 22.9 Å². The molecule has 0 unspecified atom stereocenters. The number of halogens is 1. The number of benzene rings is 1. The van der Waals surface area contributed by atoms with Crippen molar-refractivity contribution in [2.75, 3.05) is 12.8 Å². The van der Waals surface area contributed by atoms with Crippen molar-refractivity contribution in [1.82, 2.24) is 9.29 Å². The highest BCUT2D eigenvalue weighted by molar-refractivity contribution is 7.89. The third-order valence-corrected chi connectivity index (χ3v) is 5.44. The summed E-state index contributed by atoms with van der Waals surface area (Å²) < 4.78 is 39.5. The van der Waals surface area contributed by atoms with Crippen LogP contribution in [0.15, 0.2) is 28.5 Å². The first kappa shape index (κ1) is 14.9. The van der Waals surface area contributed by atoms with Crippen molar-refractivity contribution >= 4 is 27.0 Å². The molecule has 0 aliphatic heterocycles. The molecular weight excluding hydrogens is 301 g/mol. The van der Waals surface area contributed by atoms with E-state index in [2.05, 4.69) is 4.98 Å². The Bertz CT molecular complexity index is 708. The molecule has 0 bridgehead atoms. The number of hydrogen-bond donors (Lipinski definition) is 1. The second-order valence-corrected chi connectivity index (χ2v) is 7.32. The normalized spacial score (nSPS) is 12.0. The first-order chi connectivity index (χ1) is 9.32. The summed E-state index contributed by atoms with van der Waals surface area (Å²) in [5, 5.41) is 2.61. The van der Waals surface area contributed by atoms with Gasteiger partial charge in [-0.05, 0) is 19.1 Å². The van der Waals surface area contributed by atoms with Crippen LogP contribution in [0.5, 0.6) is 0 Å². The molecule has 0 aliphatic carbocycles. The van der Waals surface area contributed by atoms with Crippen molar-refractivity contribution in [3.8, 4) is 0 Å². The highest BCUT2D eigenvalue weighted by Gasteiger charge is 2.27. The van der Waals surface area contributed by atoms with E-state index in [-0.39, 0.29) is 12.2 Å². The predicted molar refractivity (Wildman–Crippen MR) is 76.3 cm³/mol. The van der Waals surface area contributed by atoms with Gasteiger partial charge in [0.2, 0.25) is 10.0 Å². The molecule has 2 rings (SSSR count). The lowest BCUT2D eigenvalue weighted by Crippen LogP contribution is -2.28. The Morgan fingerprint density at radius 3 is 2.70 bits per heavy atom. The van der Waals surface area contributed by atoms with Crippen LogP contribution >= 0.6 is 11.3 Å². The van der Waals surface area contributed by atoms with Crippen LogP contribution in [0.25, 0.3) is 0 Å². The molecule has 0 amide bonds. The summed E-state index contributed by atoms with van der Waals surface area (Å²) in [6, 6.07) is 3.80. The molecule has 1 aromatic heterocycles. The van der Waals surface area contributed by atoms with Gasteiger partial charge in [0.1, 0.15) is 10.7 Å². The smallest absolute Gasteiger partial charge is 0.248 e. The van der Waals surface area contributed by atoms with Crippen molar-refractivity contribution in [1.29, 1.82) is 0 Å². The molecule has 2 N–H and O–H groups in total. The van der Waals surface area contributed by atoms with Gasteiger partial charge in [-0.1, -0.05) is 6.07 Å². The van der Waals surface area contributed by atoms with Gasteiger partial charge in [0, 0.05) is 12.4 Å². The predicted octanol–water partition coefficient (Wildman–Crippen LogP) is 1.99. The van der Waals surface area contributed by atoms with Crippen molar-refractivity contribution in [2.24, 2.45) is 0 Å². The number of aryl methyl sites for hydroxylation is 1. The molecule has 1 heterocycles. The fraction of sp³-hybridized carbons (Fsp3) is 0.250. The SMILES string of the molecule is Cc1nc(CN(C)S(=O)(=O)c2c(N)cccc2F)cs1. The maximum Gasteiger partial charge on any atom is 0.248 e. The number of hydrogen-bond acceptors (Lipinski definition) is 5. The Labute approximate surface area is 120 Å². The average Bonchev–Trinajstić information content (AvgIpc) is 2.74. The molecule has 108 valence electrons. The van der Waals surface area contributed by atoms with E-state index in [4.69, 9.17) is 5.73 Å². The molecule has 5 nitrogen and oxygen atoms in total. The monoisotopic (exact) mass is 315 g/mol. The Balaban J connectivity index is 2.35. The molecule has 0 fully saturated rings. The Hall–Kier alpha value is -1.51. The summed E-state index contributed by atoms with van der Waals surface area (Å²) in [7, 11) is -2.62. The van der Waals surface area contributed by atoms with Crippen molar-refractivity contribution < 1.29 is 12.8 Å². The van der Waals surface area contributed by atoms with Crippen LogP contribution in [-0.4, -0.2) is 24.8 Å². The first-order valence-electron chi connectivity index (χ1n) is 5.73. The third-order valence-electron chi connectivity index (χ3n) is 2.72. The quantitative estimate of drug-likeness (QED) is 0.876. The molecule has 0 spiro atoms. The van der Waals surface area contributed by atoms with Gasteiger partial charge in [-0.15, -0.1) is 11.3 Å². The van der Waals surface area contributed by atoms with Gasteiger partial charge < -0.3 is 5.73 Å². The van der Waals surface area contributed by atoms with E-state index in [0.717, 1.165) is 15.4 Å². The summed E-state index contributed by atoms with van der Waals surface area (Å²) in [6.07, 6.45) is 0. The Morgan fingerprint density at radius 2 is 2.15 bits per heavy atom. The maximum absolute atomic E-state index is 13.7. The van der Waals surface area contributed by atoms with Crippen LogP contribution in [0.1, 0.15) is 10.7 Å². The number of anilines is 1. The van der Waals surface area contributed by atoms with Crippen LogP contribution in [0.3, 0.4) is 0 Å². The van der Waals surface area contributed by atoms with Crippen LogP contribution in [-0.2, 0) is 16.6 Å². The highest BCUT2D eigenvalue weighted by atomic mass is 32.2. The zero-order valence-corrected chi connectivity index (χ0v) is 12.6. The molecular formula is C12H14FN3O2S2. The lowest BCUT2D eigenvalue weighted by molar-refractivity contribution is 0.457. The van der Waals surface area contributed by atoms with E-state index in [9.17, 15) is 12.8 Å². The minimum absolute atomic E-state index is 0.0699. The van der Waals surface area contributed by atoms with Crippen molar-refractivity contribution in [3.63, 3.8) is 0 Å². The number of nitrogens with two attached hydrogens (primary N) is 1. The standard InChI is InChI=1S/C12H14FN3O2S2/c1-8-15-9(7-19-8)6-16(2)20(17,18)12-10(13)4-3-5-11(12)14/h3-5,7H,6,14H2,1-2H3. The van der Waals surface area contributed by atoms with Crippen molar-refractivity contribution in [2.45, 2.75) is 18.4 Å². The molecule has 1 aromatic carbocycles. The summed E-state index contributed by atoms with van der Waals surface area (Å²) >= 11 is 1.43. The molecule has 0 saturated carbocycles. The van der Waals surface area contributed by atoms with Crippen LogP contribution in [0.4, 0.5) is 10.1 Å². The number of nitrogens with zero attached hydrogens (tertiary/aromatic N) is 2. The Kier molecular flexibility index (Phi) is 4.07. The van der Waals surface area contributed by atoms with Gasteiger partial charge in [-0.25, -0.2) is 17.8 Å². The molecule has 0 atom stereocenters. The third kappa shape index (κ3) is 2.82. The number of rotatable bonds is 4. The summed E-state index contributed by atoms with van der Waals surface area (Å²) in [5.41, 5.74) is 6.10. The largest absolute Gasteiger partial charge is 0.398 e. The Morgan fingerprint density at radius 1 is 1.45 bits per heavy atom. The van der Waals surface area contributed by atoms with Crippen molar-refractivity contribution in [3.05, 3.63) is 40.1 Å². The molecule has 0 aliphatic rings. The number of aromatic nitrogens is 1. The molecule has 0 saturated heterocycles. The minimum atomic E-state index is -3.99. The second kappa shape index (κ2) is 5.47. The van der Waals surface area contributed by atoms with Crippen LogP contribution < -0.4 is 5.73 Å². The number of sulfonamides is 1. The van der Waals surface area contributed by atoms with E-state index in [0.29, 0.717) is 5.69 Å². The lowest BCUT2D eigenvalue weighted by atomic mass is 10.3. The summed E-state index contributed by atoms with van der Waals surface area (Å²) in [5.74, 6) is -0.855. The van der Waals surface area contributed by atoms with E-state index in [1.165, 1.54) is 30.5 Å². The fourth-order valence-corrected chi connectivity index (χ4v) is 3.65. The van der Waals surface area contributed by atoms with Gasteiger partial charge in [0.15, 0.2) is 0 Å². The summed E-state index contributed by atoms with van der Waals surface area (Å²) in [6.45, 7) is 1.90. The average molecular weight is 315 g/mol. The lowest BCUT2D eigenvalue weighted by Gasteiger charge is -2.17. The van der Waals surface area contributed by atoms with Gasteiger partial charge in [0.25, 0.3) is 0 Å². The van der Waals surface area contributed by atoms with Gasteiger partial charge in [-0.3, -0.25) is 0 Å². The fourth-order valence-electron chi connectivity index (χ4n) is 1.75. The van der Waals surface area contributed by atoms with E-state index in [1.54, 1.807) is 5.38 Å². The maximum atomic E-state index is 13.7. The van der Waals surface area contributed by atoms with E-state index in [1.807, 2.05) is 6.92 Å². The van der Waals surface area contributed by atoms with Crippen LogP contribution in [0.2, 0.25) is 0 Å². The van der Waals surface area contributed by atoms with E-state index < -0.39 is 20.7 Å². The van der Waals surface area contributed by atoms with Crippen LogP contribution in [0, 0.1) is 12.7 Å². The molecule has 0 radical (unpaired) electrons. The molecule has 8 heteroatoms. The number of nitrogen functional groups attached to an aromatic ring is 1. The van der Waals surface area contributed by atoms with E-state index >= 15 is 0 Å². The minimum Gasteiger partial charge on any atom is -0.398 e. The topological polar surface area (TPSA) is 76.3 Å². The highest BCUT2D eigenvalue weighted by Crippen LogP contribution is 2.25. The first-order valence-corrected chi connectivity index (χ1v) is 8.05. The number of thiazole rings is 1. The van der Waals surface area contributed by atoms with Gasteiger partial charge in [-0.2, -0.15) is 4.31 Å². The molecule has 2 aromatic rings.